The Morgan fingerprint density at radius 3 is 2.05 bits per heavy atom. The van der Waals surface area contributed by atoms with Crippen molar-refractivity contribution >= 4 is 11.0 Å². The molecule has 102 valence electrons. The average Bonchev–Trinajstić information content (AvgIpc) is 2.45. The lowest BCUT2D eigenvalue weighted by molar-refractivity contribution is 0.322. The Bertz CT molecular complexity index is 658. The van der Waals surface area contributed by atoms with Crippen molar-refractivity contribution in [2.24, 2.45) is 0 Å². The van der Waals surface area contributed by atoms with Crippen LogP contribution in [0.4, 0.5) is 0 Å². The monoisotopic (exact) mass is 266 g/mol. The highest BCUT2D eigenvalue weighted by Gasteiger charge is 2.20. The maximum absolute atomic E-state index is 12.2. The highest BCUT2D eigenvalue weighted by atomic mass is 16.5. The molecule has 0 unspecified atom stereocenters. The number of benzene rings is 1. The third-order valence-electron chi connectivity index (χ3n) is 2.76. The molecule has 0 aliphatic heterocycles. The van der Waals surface area contributed by atoms with Crippen molar-refractivity contribution in [3.05, 3.63) is 22.6 Å². The fraction of sp³-hybridized carbons (Fsp3) is 0.308. The van der Waals surface area contributed by atoms with Crippen molar-refractivity contribution in [2.75, 3.05) is 28.4 Å². The van der Waals surface area contributed by atoms with E-state index in [1.165, 1.54) is 40.8 Å². The van der Waals surface area contributed by atoms with Crippen LogP contribution in [0.25, 0.3) is 11.0 Å². The minimum atomic E-state index is -0.303. The fourth-order valence-electron chi connectivity index (χ4n) is 1.85. The number of methoxy groups -OCH3 is 4. The Kier molecular flexibility index (Phi) is 3.50. The van der Waals surface area contributed by atoms with Crippen molar-refractivity contribution in [3.63, 3.8) is 0 Å². The second-order valence-electron chi connectivity index (χ2n) is 3.66. The van der Waals surface area contributed by atoms with Crippen molar-refractivity contribution in [3.8, 4) is 23.0 Å². The van der Waals surface area contributed by atoms with Crippen molar-refractivity contribution < 1.29 is 23.4 Å². The van der Waals surface area contributed by atoms with Crippen LogP contribution in [0.3, 0.4) is 0 Å². The first-order valence-corrected chi connectivity index (χ1v) is 5.46. The van der Waals surface area contributed by atoms with Gasteiger partial charge in [-0.2, -0.15) is 0 Å². The smallest absolute Gasteiger partial charge is 0.234 e. The predicted molar refractivity (Wildman–Crippen MR) is 68.7 cm³/mol. The van der Waals surface area contributed by atoms with Crippen LogP contribution < -0.4 is 24.4 Å². The molecule has 6 nitrogen and oxygen atoms in total. The number of hydrogen-bond acceptors (Lipinski definition) is 6. The van der Waals surface area contributed by atoms with Crippen LogP contribution in [-0.4, -0.2) is 28.4 Å². The standard InChI is InChI=1S/C13H14O6/c1-15-8-5-7-10(14)9(16-2)6-19-11(7)13(18-4)12(8)17-3/h5-6H,1-4H3. The van der Waals surface area contributed by atoms with Gasteiger partial charge in [-0.05, 0) is 6.07 Å². The predicted octanol–water partition coefficient (Wildman–Crippen LogP) is 1.83. The molecule has 0 radical (unpaired) electrons. The summed E-state index contributed by atoms with van der Waals surface area (Å²) in [7, 11) is 5.82. The number of ether oxygens (including phenoxy) is 4. The molecule has 0 spiro atoms. The second kappa shape index (κ2) is 5.09. The summed E-state index contributed by atoms with van der Waals surface area (Å²) in [5.41, 5.74) is -0.0195. The molecular formula is C13H14O6. The van der Waals surface area contributed by atoms with Crippen LogP contribution in [0.1, 0.15) is 0 Å². The van der Waals surface area contributed by atoms with Crippen LogP contribution >= 0.6 is 0 Å². The van der Waals surface area contributed by atoms with E-state index in [2.05, 4.69) is 0 Å². The van der Waals surface area contributed by atoms with Crippen molar-refractivity contribution in [1.29, 1.82) is 0 Å². The normalized spacial score (nSPS) is 10.3. The van der Waals surface area contributed by atoms with E-state index in [4.69, 9.17) is 23.4 Å². The molecule has 19 heavy (non-hydrogen) atoms. The summed E-state index contributed by atoms with van der Waals surface area (Å²) in [6, 6.07) is 1.53. The second-order valence-corrected chi connectivity index (χ2v) is 3.66. The van der Waals surface area contributed by atoms with Crippen LogP contribution in [-0.2, 0) is 0 Å². The molecule has 6 heteroatoms. The van der Waals surface area contributed by atoms with Gasteiger partial charge in [0, 0.05) is 0 Å². The van der Waals surface area contributed by atoms with E-state index >= 15 is 0 Å². The lowest BCUT2D eigenvalue weighted by Crippen LogP contribution is -2.07. The highest BCUT2D eigenvalue weighted by molar-refractivity contribution is 5.88. The molecule has 0 aliphatic rings. The Hall–Kier alpha value is -2.37. The first-order chi connectivity index (χ1) is 9.17. The van der Waals surface area contributed by atoms with Gasteiger partial charge in [-0.25, -0.2) is 0 Å². The molecule has 1 heterocycles. The number of fused-ring (bicyclic) bond motifs is 1. The molecule has 0 fully saturated rings. The third-order valence-corrected chi connectivity index (χ3v) is 2.76. The van der Waals surface area contributed by atoms with Gasteiger partial charge < -0.3 is 23.4 Å². The summed E-state index contributed by atoms with van der Waals surface area (Å²) in [6.07, 6.45) is 1.24. The van der Waals surface area contributed by atoms with Gasteiger partial charge in [0.25, 0.3) is 0 Å². The molecular weight excluding hydrogens is 252 g/mol. The van der Waals surface area contributed by atoms with Crippen LogP contribution in [0.5, 0.6) is 23.0 Å². The average molecular weight is 266 g/mol. The summed E-state index contributed by atoms with van der Waals surface area (Å²) >= 11 is 0. The molecule has 1 aromatic carbocycles. The van der Waals surface area contributed by atoms with Gasteiger partial charge in [-0.15, -0.1) is 0 Å². The molecule has 0 saturated carbocycles. The van der Waals surface area contributed by atoms with E-state index < -0.39 is 0 Å². The molecule has 1 aromatic heterocycles. The largest absolute Gasteiger partial charge is 0.493 e. The number of hydrogen-bond donors (Lipinski definition) is 0. The minimum Gasteiger partial charge on any atom is -0.493 e. The summed E-state index contributed by atoms with van der Waals surface area (Å²) in [6.45, 7) is 0. The maximum atomic E-state index is 12.2. The van der Waals surface area contributed by atoms with E-state index in [1.54, 1.807) is 0 Å². The van der Waals surface area contributed by atoms with Gasteiger partial charge in [0.1, 0.15) is 6.26 Å². The first-order valence-electron chi connectivity index (χ1n) is 5.46. The van der Waals surface area contributed by atoms with Crippen LogP contribution in [0.15, 0.2) is 21.5 Å². The SMILES string of the molecule is COc1cc2c(=O)c(OC)coc2c(OC)c1OC. The Labute approximate surface area is 109 Å². The lowest BCUT2D eigenvalue weighted by atomic mass is 10.2. The van der Waals surface area contributed by atoms with Gasteiger partial charge in [0.15, 0.2) is 11.3 Å². The van der Waals surface area contributed by atoms with Crippen LogP contribution in [0, 0.1) is 0 Å². The third kappa shape index (κ3) is 1.95. The van der Waals surface area contributed by atoms with Gasteiger partial charge in [-0.3, -0.25) is 4.79 Å². The zero-order valence-electron chi connectivity index (χ0n) is 11.1. The van der Waals surface area contributed by atoms with E-state index in [1.807, 2.05) is 0 Å². The Morgan fingerprint density at radius 2 is 1.53 bits per heavy atom. The van der Waals surface area contributed by atoms with Crippen molar-refractivity contribution in [2.45, 2.75) is 0 Å². The summed E-state index contributed by atoms with van der Waals surface area (Å²) in [5.74, 6) is 1.16. The molecule has 0 saturated heterocycles. The quantitative estimate of drug-likeness (QED) is 0.841. The molecule has 0 atom stereocenters. The van der Waals surface area contributed by atoms with Gasteiger partial charge >= 0.3 is 0 Å². The van der Waals surface area contributed by atoms with Gasteiger partial charge in [0.05, 0.1) is 33.8 Å². The Balaban J connectivity index is 2.92. The van der Waals surface area contributed by atoms with E-state index in [-0.39, 0.29) is 16.8 Å². The van der Waals surface area contributed by atoms with Gasteiger partial charge in [0.2, 0.25) is 22.7 Å². The summed E-state index contributed by atoms with van der Waals surface area (Å²) in [5, 5.41) is 0.300. The zero-order chi connectivity index (χ0) is 14.0. The summed E-state index contributed by atoms with van der Waals surface area (Å²) in [4.78, 5) is 12.2. The van der Waals surface area contributed by atoms with Crippen molar-refractivity contribution in [1.82, 2.24) is 0 Å². The molecule has 0 aliphatic carbocycles. The zero-order valence-corrected chi connectivity index (χ0v) is 11.1. The van der Waals surface area contributed by atoms with Gasteiger partial charge in [-0.1, -0.05) is 0 Å². The summed E-state index contributed by atoms with van der Waals surface area (Å²) < 4.78 is 26.0. The van der Waals surface area contributed by atoms with E-state index in [0.717, 1.165) is 0 Å². The maximum Gasteiger partial charge on any atom is 0.234 e. The van der Waals surface area contributed by atoms with E-state index in [0.29, 0.717) is 22.6 Å². The molecule has 0 amide bonds. The molecule has 2 aromatic rings. The molecule has 0 N–H and O–H groups in total. The molecule has 0 bridgehead atoms. The number of rotatable bonds is 4. The van der Waals surface area contributed by atoms with Crippen LogP contribution in [0.2, 0.25) is 0 Å². The highest BCUT2D eigenvalue weighted by Crippen LogP contribution is 2.42. The first kappa shape index (κ1) is 13.1. The molecule has 2 rings (SSSR count). The Morgan fingerprint density at radius 1 is 0.895 bits per heavy atom. The van der Waals surface area contributed by atoms with E-state index in [9.17, 15) is 4.79 Å². The minimum absolute atomic E-state index is 0.113. The topological polar surface area (TPSA) is 67.1 Å². The fourth-order valence-corrected chi connectivity index (χ4v) is 1.85. The lowest BCUT2D eigenvalue weighted by Gasteiger charge is -2.13.